The summed E-state index contributed by atoms with van der Waals surface area (Å²) in [5, 5.41) is 7.69. The van der Waals surface area contributed by atoms with Crippen LogP contribution in [-0.4, -0.2) is 48.6 Å². The largest absolute Gasteiger partial charge is 0.492 e. The lowest BCUT2D eigenvalue weighted by Gasteiger charge is -2.20. The number of para-hydroxylation sites is 1. The van der Waals surface area contributed by atoms with Crippen LogP contribution in [0.15, 0.2) is 42.6 Å². The second-order valence-electron chi connectivity index (χ2n) is 8.02. The molecule has 0 saturated carbocycles. The molecule has 3 heterocycles. The number of anilines is 6. The van der Waals surface area contributed by atoms with Gasteiger partial charge in [0, 0.05) is 37.5 Å². The number of carbonyl (C=O) groups is 1. The molecule has 2 aromatic heterocycles. The predicted octanol–water partition coefficient (Wildman–Crippen LogP) is 4.44. The third-order valence-electron chi connectivity index (χ3n) is 5.63. The SMILES string of the molecule is COc1c(F)cccc1Nc1cc(Nc2ccc(N3CCCC3)cn2)nc(NN(C)C=O)c1C. The molecular weight excluding hydrogens is 437 g/mol. The van der Waals surface area contributed by atoms with Crippen LogP contribution in [0.1, 0.15) is 18.4 Å². The maximum atomic E-state index is 14.2. The molecule has 1 aromatic carbocycles. The fraction of sp³-hybridized carbons (Fsp3) is 0.292. The molecule has 1 aliphatic heterocycles. The van der Waals surface area contributed by atoms with Crippen molar-refractivity contribution in [3.8, 4) is 5.75 Å². The number of halogens is 1. The first-order chi connectivity index (χ1) is 16.5. The van der Waals surface area contributed by atoms with Crippen LogP contribution >= 0.6 is 0 Å². The van der Waals surface area contributed by atoms with Gasteiger partial charge in [0.15, 0.2) is 17.4 Å². The molecule has 178 valence electrons. The molecule has 1 fully saturated rings. The summed E-state index contributed by atoms with van der Waals surface area (Å²) >= 11 is 0. The van der Waals surface area contributed by atoms with Crippen LogP contribution in [0, 0.1) is 12.7 Å². The van der Waals surface area contributed by atoms with Crippen molar-refractivity contribution < 1.29 is 13.9 Å². The topological polar surface area (TPSA) is 94.7 Å². The summed E-state index contributed by atoms with van der Waals surface area (Å²) in [6, 6.07) is 10.4. The first kappa shape index (κ1) is 23.1. The van der Waals surface area contributed by atoms with Gasteiger partial charge in [-0.2, -0.15) is 0 Å². The minimum Gasteiger partial charge on any atom is -0.492 e. The smallest absolute Gasteiger partial charge is 0.227 e. The van der Waals surface area contributed by atoms with Gasteiger partial charge in [0.2, 0.25) is 6.41 Å². The second-order valence-corrected chi connectivity index (χ2v) is 8.02. The molecular formula is C24H28FN7O2. The standard InChI is InChI=1S/C24H28FN7O2/c1-16-20(27-19-8-6-7-18(25)23(19)34-3)13-22(29-24(16)30-31(2)15-33)28-21-10-9-17(14-26-21)32-11-4-5-12-32/h6-10,13-15H,4-5,11-12H2,1-3H3,(H3,26,27,28,29,30). The molecule has 9 nitrogen and oxygen atoms in total. The maximum absolute atomic E-state index is 14.2. The lowest BCUT2D eigenvalue weighted by Crippen LogP contribution is -2.24. The molecule has 0 atom stereocenters. The van der Waals surface area contributed by atoms with Gasteiger partial charge >= 0.3 is 0 Å². The molecule has 1 saturated heterocycles. The van der Waals surface area contributed by atoms with E-state index in [0.717, 1.165) is 24.3 Å². The Morgan fingerprint density at radius 1 is 1.12 bits per heavy atom. The van der Waals surface area contributed by atoms with E-state index >= 15 is 0 Å². The van der Waals surface area contributed by atoms with Crippen LogP contribution in [0.4, 0.5) is 38.9 Å². The van der Waals surface area contributed by atoms with Crippen molar-refractivity contribution in [2.24, 2.45) is 0 Å². The highest BCUT2D eigenvalue weighted by atomic mass is 19.1. The van der Waals surface area contributed by atoms with Gasteiger partial charge in [-0.1, -0.05) is 6.07 Å². The third kappa shape index (κ3) is 5.11. The van der Waals surface area contributed by atoms with Crippen LogP contribution in [0.3, 0.4) is 0 Å². The molecule has 1 amide bonds. The Morgan fingerprint density at radius 3 is 2.59 bits per heavy atom. The number of nitrogens with one attached hydrogen (secondary N) is 3. The van der Waals surface area contributed by atoms with Gasteiger partial charge in [-0.05, 0) is 44.0 Å². The minimum atomic E-state index is -0.473. The first-order valence-electron chi connectivity index (χ1n) is 11.0. The number of nitrogens with zero attached hydrogens (tertiary/aromatic N) is 4. The molecule has 10 heteroatoms. The monoisotopic (exact) mass is 465 g/mol. The molecule has 34 heavy (non-hydrogen) atoms. The van der Waals surface area contributed by atoms with Gasteiger partial charge in [-0.15, -0.1) is 0 Å². The third-order valence-corrected chi connectivity index (χ3v) is 5.63. The van der Waals surface area contributed by atoms with Crippen LogP contribution < -0.4 is 25.7 Å². The lowest BCUT2D eigenvalue weighted by molar-refractivity contribution is -0.115. The second kappa shape index (κ2) is 10.2. The number of amides is 1. The Kier molecular flexibility index (Phi) is 6.95. The fourth-order valence-electron chi connectivity index (χ4n) is 3.82. The van der Waals surface area contributed by atoms with Crippen LogP contribution in [-0.2, 0) is 4.79 Å². The van der Waals surface area contributed by atoms with Gasteiger partial charge in [0.25, 0.3) is 0 Å². The molecule has 0 aliphatic carbocycles. The van der Waals surface area contributed by atoms with E-state index in [2.05, 4.69) is 30.9 Å². The van der Waals surface area contributed by atoms with E-state index in [-0.39, 0.29) is 5.75 Å². The van der Waals surface area contributed by atoms with Crippen molar-refractivity contribution in [2.45, 2.75) is 19.8 Å². The predicted molar refractivity (Wildman–Crippen MR) is 132 cm³/mol. The maximum Gasteiger partial charge on any atom is 0.227 e. The lowest BCUT2D eigenvalue weighted by atomic mass is 10.2. The summed E-state index contributed by atoms with van der Waals surface area (Å²) in [6.07, 6.45) is 4.88. The van der Waals surface area contributed by atoms with Gasteiger partial charge in [-0.25, -0.2) is 14.4 Å². The van der Waals surface area contributed by atoms with Crippen molar-refractivity contribution in [3.63, 3.8) is 0 Å². The summed E-state index contributed by atoms with van der Waals surface area (Å²) in [4.78, 5) is 22.6. The van der Waals surface area contributed by atoms with E-state index in [0.29, 0.717) is 35.2 Å². The molecule has 3 N–H and O–H groups in total. The fourth-order valence-corrected chi connectivity index (χ4v) is 3.82. The molecule has 0 radical (unpaired) electrons. The summed E-state index contributed by atoms with van der Waals surface area (Å²) < 4.78 is 19.4. The highest BCUT2D eigenvalue weighted by molar-refractivity contribution is 5.76. The number of benzene rings is 1. The van der Waals surface area contributed by atoms with Gasteiger partial charge in [-0.3, -0.25) is 15.2 Å². The van der Waals surface area contributed by atoms with Gasteiger partial charge < -0.3 is 20.3 Å². The quantitative estimate of drug-likeness (QED) is 0.316. The molecule has 4 rings (SSSR count). The van der Waals surface area contributed by atoms with Crippen molar-refractivity contribution in [1.82, 2.24) is 15.0 Å². The Balaban J connectivity index is 1.64. The molecule has 0 spiro atoms. The molecule has 3 aromatic rings. The highest BCUT2D eigenvalue weighted by Crippen LogP contribution is 2.34. The Bertz CT molecular complexity index is 1150. The van der Waals surface area contributed by atoms with E-state index in [1.54, 1.807) is 25.2 Å². The number of carbonyl (C=O) groups excluding carboxylic acids is 1. The average molecular weight is 466 g/mol. The van der Waals surface area contributed by atoms with Crippen molar-refractivity contribution in [1.29, 1.82) is 0 Å². The first-order valence-corrected chi connectivity index (χ1v) is 11.0. The number of ether oxygens (including phenoxy) is 1. The number of rotatable bonds is 9. The van der Waals surface area contributed by atoms with Crippen molar-refractivity contribution in [2.75, 3.05) is 48.2 Å². The highest BCUT2D eigenvalue weighted by Gasteiger charge is 2.16. The number of hydrogen-bond donors (Lipinski definition) is 3. The zero-order valence-electron chi connectivity index (χ0n) is 19.4. The summed E-state index contributed by atoms with van der Waals surface area (Å²) in [5.74, 6) is 1.20. The zero-order chi connectivity index (χ0) is 24.1. The van der Waals surface area contributed by atoms with Gasteiger partial charge in [0.1, 0.15) is 11.6 Å². The van der Waals surface area contributed by atoms with Gasteiger partial charge in [0.05, 0.1) is 24.7 Å². The molecule has 1 aliphatic rings. The summed E-state index contributed by atoms with van der Waals surface area (Å²) in [6.45, 7) is 3.94. The number of pyridine rings is 2. The van der Waals surface area contributed by atoms with Crippen LogP contribution in [0.25, 0.3) is 0 Å². The van der Waals surface area contributed by atoms with Crippen LogP contribution in [0.2, 0.25) is 0 Å². The average Bonchev–Trinajstić information content (AvgIpc) is 3.37. The van der Waals surface area contributed by atoms with Crippen molar-refractivity contribution >= 4 is 40.9 Å². The van der Waals surface area contributed by atoms with Crippen molar-refractivity contribution in [3.05, 3.63) is 54.0 Å². The number of hydrogen-bond acceptors (Lipinski definition) is 8. The Morgan fingerprint density at radius 2 is 1.91 bits per heavy atom. The van der Waals surface area contributed by atoms with Crippen LogP contribution in [0.5, 0.6) is 5.75 Å². The zero-order valence-corrected chi connectivity index (χ0v) is 19.4. The Hall–Kier alpha value is -4.08. The van der Waals surface area contributed by atoms with E-state index in [1.807, 2.05) is 25.3 Å². The van der Waals surface area contributed by atoms with E-state index in [1.165, 1.54) is 31.0 Å². The number of hydrazine groups is 1. The van der Waals surface area contributed by atoms with E-state index in [9.17, 15) is 9.18 Å². The molecule has 0 bridgehead atoms. The summed E-state index contributed by atoms with van der Waals surface area (Å²) in [5.41, 5.74) is 5.87. The van der Waals surface area contributed by atoms with E-state index < -0.39 is 5.82 Å². The number of methoxy groups -OCH3 is 1. The minimum absolute atomic E-state index is 0.104. The molecule has 0 unspecified atom stereocenters. The normalized spacial score (nSPS) is 12.9. The number of aromatic nitrogens is 2. The summed E-state index contributed by atoms with van der Waals surface area (Å²) in [7, 11) is 3.00. The van der Waals surface area contributed by atoms with E-state index in [4.69, 9.17) is 4.74 Å². The Labute approximate surface area is 197 Å².